The summed E-state index contributed by atoms with van der Waals surface area (Å²) in [6, 6.07) is 0. The average Bonchev–Trinajstić information content (AvgIpc) is 3.33. The minimum Gasteiger partial charge on any atom is -0.392 e. The molecular formula is C16H26N2O2. The van der Waals surface area contributed by atoms with Crippen LogP contribution in [-0.4, -0.2) is 59.6 Å². The molecule has 0 aromatic rings. The number of carbonyl (C=O) groups excluding carboxylic acids is 1. The van der Waals surface area contributed by atoms with E-state index in [2.05, 4.69) is 17.1 Å². The topological polar surface area (TPSA) is 43.8 Å². The van der Waals surface area contributed by atoms with Crippen molar-refractivity contribution < 1.29 is 9.90 Å². The third kappa shape index (κ3) is 3.41. The van der Waals surface area contributed by atoms with E-state index >= 15 is 0 Å². The number of hydrogen-bond donors (Lipinski definition) is 1. The van der Waals surface area contributed by atoms with Crippen LogP contribution >= 0.6 is 0 Å². The van der Waals surface area contributed by atoms with Crippen LogP contribution in [0, 0.1) is 11.8 Å². The first-order valence-electron chi connectivity index (χ1n) is 8.08. The molecule has 1 saturated carbocycles. The lowest BCUT2D eigenvalue weighted by Crippen LogP contribution is -2.52. The van der Waals surface area contributed by atoms with Crippen LogP contribution in [-0.2, 0) is 4.79 Å². The lowest BCUT2D eigenvalue weighted by molar-refractivity contribution is -0.137. The summed E-state index contributed by atoms with van der Waals surface area (Å²) in [5, 5.41) is 9.99. The normalized spacial score (nSPS) is 29.4. The highest BCUT2D eigenvalue weighted by Crippen LogP contribution is 2.33. The maximum absolute atomic E-state index is 12.4. The molecule has 0 bridgehead atoms. The van der Waals surface area contributed by atoms with Gasteiger partial charge in [0.05, 0.1) is 6.10 Å². The highest BCUT2D eigenvalue weighted by atomic mass is 16.3. The van der Waals surface area contributed by atoms with Crippen LogP contribution in [0.25, 0.3) is 0 Å². The van der Waals surface area contributed by atoms with Gasteiger partial charge in [-0.2, -0.15) is 0 Å². The summed E-state index contributed by atoms with van der Waals surface area (Å²) in [4.78, 5) is 16.8. The van der Waals surface area contributed by atoms with Crippen molar-refractivity contribution in [3.63, 3.8) is 0 Å². The van der Waals surface area contributed by atoms with Crippen LogP contribution < -0.4 is 0 Å². The second kappa shape index (κ2) is 6.27. The molecule has 2 unspecified atom stereocenters. The molecule has 2 aliphatic carbocycles. The summed E-state index contributed by atoms with van der Waals surface area (Å²) in [7, 11) is 0. The maximum Gasteiger partial charge on any atom is 0.226 e. The number of hydrogen-bond acceptors (Lipinski definition) is 3. The second-order valence-electron chi connectivity index (χ2n) is 6.51. The van der Waals surface area contributed by atoms with Gasteiger partial charge in [0.15, 0.2) is 0 Å². The molecule has 2 atom stereocenters. The fourth-order valence-electron chi connectivity index (χ4n) is 3.32. The number of aliphatic hydroxyl groups is 1. The van der Waals surface area contributed by atoms with Crippen molar-refractivity contribution in [1.29, 1.82) is 0 Å². The minimum absolute atomic E-state index is 0.152. The van der Waals surface area contributed by atoms with Gasteiger partial charge in [0, 0.05) is 38.6 Å². The van der Waals surface area contributed by atoms with Crippen molar-refractivity contribution >= 4 is 5.91 Å². The summed E-state index contributed by atoms with van der Waals surface area (Å²) < 4.78 is 0. The molecule has 3 rings (SSSR count). The third-order valence-corrected chi connectivity index (χ3v) is 4.91. The minimum atomic E-state index is -0.152. The summed E-state index contributed by atoms with van der Waals surface area (Å²) >= 11 is 0. The van der Waals surface area contributed by atoms with Crippen LogP contribution in [0.1, 0.15) is 32.1 Å². The van der Waals surface area contributed by atoms with E-state index in [-0.39, 0.29) is 12.0 Å². The van der Waals surface area contributed by atoms with E-state index in [0.717, 1.165) is 52.0 Å². The monoisotopic (exact) mass is 278 g/mol. The van der Waals surface area contributed by atoms with Gasteiger partial charge in [0.2, 0.25) is 5.91 Å². The van der Waals surface area contributed by atoms with Gasteiger partial charge in [0.25, 0.3) is 0 Å². The molecule has 1 N–H and O–H groups in total. The molecule has 2 fully saturated rings. The maximum atomic E-state index is 12.4. The van der Waals surface area contributed by atoms with E-state index in [0.29, 0.717) is 11.8 Å². The van der Waals surface area contributed by atoms with E-state index in [4.69, 9.17) is 0 Å². The number of nitrogens with zero attached hydrogens (tertiary/aromatic N) is 2. The zero-order valence-corrected chi connectivity index (χ0v) is 12.2. The number of piperazine rings is 1. The Balaban J connectivity index is 1.43. The Morgan fingerprint density at radius 1 is 1.15 bits per heavy atom. The summed E-state index contributed by atoms with van der Waals surface area (Å²) in [6.07, 6.45) is 9.53. The van der Waals surface area contributed by atoms with Crippen LogP contribution in [0.3, 0.4) is 0 Å². The van der Waals surface area contributed by atoms with Gasteiger partial charge in [-0.15, -0.1) is 0 Å². The second-order valence-corrected chi connectivity index (χ2v) is 6.51. The molecule has 20 heavy (non-hydrogen) atoms. The van der Waals surface area contributed by atoms with Gasteiger partial charge in [-0.3, -0.25) is 9.69 Å². The Labute approximate surface area is 121 Å². The Hall–Kier alpha value is -0.870. The third-order valence-electron chi connectivity index (χ3n) is 4.91. The highest BCUT2D eigenvalue weighted by Gasteiger charge is 2.32. The van der Waals surface area contributed by atoms with E-state index < -0.39 is 0 Å². The molecule has 4 nitrogen and oxygen atoms in total. The Kier molecular flexibility index (Phi) is 4.41. The van der Waals surface area contributed by atoms with Gasteiger partial charge in [-0.1, -0.05) is 12.2 Å². The molecule has 112 valence electrons. The fraction of sp³-hybridized carbons (Fsp3) is 0.812. The number of carbonyl (C=O) groups is 1. The number of allylic oxidation sites excluding steroid dienone is 2. The first-order chi connectivity index (χ1) is 9.74. The van der Waals surface area contributed by atoms with E-state index in [1.165, 1.54) is 12.8 Å². The first-order valence-corrected chi connectivity index (χ1v) is 8.08. The largest absolute Gasteiger partial charge is 0.392 e. The van der Waals surface area contributed by atoms with Crippen LogP contribution in [0.15, 0.2) is 12.2 Å². The Morgan fingerprint density at radius 3 is 2.50 bits per heavy atom. The lowest BCUT2D eigenvalue weighted by Gasteiger charge is -2.37. The molecule has 1 heterocycles. The van der Waals surface area contributed by atoms with Gasteiger partial charge >= 0.3 is 0 Å². The molecule has 1 aliphatic heterocycles. The summed E-state index contributed by atoms with van der Waals surface area (Å²) in [5.41, 5.74) is 0. The number of amides is 1. The summed E-state index contributed by atoms with van der Waals surface area (Å²) in [5.74, 6) is 1.10. The van der Waals surface area contributed by atoms with Crippen LogP contribution in [0.2, 0.25) is 0 Å². The SMILES string of the molecule is O=C(C1CC=CCC1)N1CCN(CC(O)C2CC2)CC1. The van der Waals surface area contributed by atoms with E-state index in [1.54, 1.807) is 0 Å². The molecule has 1 saturated heterocycles. The molecule has 0 aromatic carbocycles. The predicted molar refractivity (Wildman–Crippen MR) is 78.2 cm³/mol. The van der Waals surface area contributed by atoms with Crippen LogP contribution in [0.5, 0.6) is 0 Å². The predicted octanol–water partition coefficient (Wildman–Crippen LogP) is 1.26. The Bertz CT molecular complexity index is 371. The van der Waals surface area contributed by atoms with Crippen molar-refractivity contribution in [2.75, 3.05) is 32.7 Å². The Morgan fingerprint density at radius 2 is 1.90 bits per heavy atom. The smallest absolute Gasteiger partial charge is 0.226 e. The molecule has 4 heteroatoms. The van der Waals surface area contributed by atoms with Gasteiger partial charge in [-0.25, -0.2) is 0 Å². The quantitative estimate of drug-likeness (QED) is 0.787. The van der Waals surface area contributed by atoms with Crippen molar-refractivity contribution in [2.24, 2.45) is 11.8 Å². The molecule has 0 radical (unpaired) electrons. The number of aliphatic hydroxyl groups excluding tert-OH is 1. The fourth-order valence-corrected chi connectivity index (χ4v) is 3.32. The number of rotatable bonds is 4. The standard InChI is InChI=1S/C16H26N2O2/c19-15(13-6-7-13)12-17-8-10-18(11-9-17)16(20)14-4-2-1-3-5-14/h1-2,13-15,19H,3-12H2. The molecule has 1 amide bonds. The highest BCUT2D eigenvalue weighted by molar-refractivity contribution is 5.79. The van der Waals surface area contributed by atoms with Crippen molar-refractivity contribution in [2.45, 2.75) is 38.2 Å². The zero-order valence-electron chi connectivity index (χ0n) is 12.2. The van der Waals surface area contributed by atoms with Crippen LogP contribution in [0.4, 0.5) is 0 Å². The van der Waals surface area contributed by atoms with Gasteiger partial charge in [-0.05, 0) is 38.0 Å². The molecule has 0 spiro atoms. The van der Waals surface area contributed by atoms with E-state index in [1.807, 2.05) is 4.90 Å². The van der Waals surface area contributed by atoms with Gasteiger partial charge < -0.3 is 10.0 Å². The zero-order chi connectivity index (χ0) is 13.9. The van der Waals surface area contributed by atoms with E-state index in [9.17, 15) is 9.90 Å². The molecular weight excluding hydrogens is 252 g/mol. The summed E-state index contributed by atoms with van der Waals surface area (Å²) in [6.45, 7) is 4.28. The van der Waals surface area contributed by atoms with Gasteiger partial charge in [0.1, 0.15) is 0 Å². The molecule has 0 aromatic heterocycles. The van der Waals surface area contributed by atoms with Crippen molar-refractivity contribution in [1.82, 2.24) is 9.80 Å². The van der Waals surface area contributed by atoms with Crippen molar-refractivity contribution in [3.05, 3.63) is 12.2 Å². The first kappa shape index (κ1) is 14.1. The molecule has 3 aliphatic rings. The average molecular weight is 278 g/mol. The lowest BCUT2D eigenvalue weighted by atomic mass is 9.93. The number of β-amino-alcohol motifs (C(OH)–C–C–N with tert-alkyl or cyclic N) is 1. The van der Waals surface area contributed by atoms with Crippen molar-refractivity contribution in [3.8, 4) is 0 Å².